The zero-order chi connectivity index (χ0) is 8.55. The van der Waals surface area contributed by atoms with Gasteiger partial charge < -0.3 is 0 Å². The van der Waals surface area contributed by atoms with E-state index in [1.807, 2.05) is 0 Å². The van der Waals surface area contributed by atoms with Crippen molar-refractivity contribution >= 4 is 0 Å². The van der Waals surface area contributed by atoms with Gasteiger partial charge in [0.1, 0.15) is 0 Å². The summed E-state index contributed by atoms with van der Waals surface area (Å²) in [5.74, 6) is 0.770. The Balaban J connectivity index is 1.90. The molecule has 0 spiro atoms. The predicted octanol–water partition coefficient (Wildman–Crippen LogP) is 2.44. The second-order valence-corrected chi connectivity index (χ2v) is 4.41. The first kappa shape index (κ1) is 8.31. The highest BCUT2D eigenvalue weighted by atomic mass is 15.2. The number of nitrogens with zero attached hydrogens (tertiary/aromatic N) is 1. The van der Waals surface area contributed by atoms with Crippen LogP contribution in [0.15, 0.2) is 11.6 Å². The Morgan fingerprint density at radius 3 is 2.58 bits per heavy atom. The highest BCUT2D eigenvalue weighted by Crippen LogP contribution is 2.30. The topological polar surface area (TPSA) is 3.24 Å². The van der Waals surface area contributed by atoms with Crippen LogP contribution in [0.1, 0.15) is 33.1 Å². The molecule has 0 N–H and O–H groups in total. The third-order valence-corrected chi connectivity index (χ3v) is 3.08. The van der Waals surface area contributed by atoms with Gasteiger partial charge >= 0.3 is 0 Å². The molecule has 0 saturated heterocycles. The second-order valence-electron chi connectivity index (χ2n) is 4.41. The Kier molecular flexibility index (Phi) is 2.22. The summed E-state index contributed by atoms with van der Waals surface area (Å²) in [7, 11) is 0. The fraction of sp³-hybridized carbons (Fsp3) is 0.818. The largest absolute Gasteiger partial charge is 0.296 e. The summed E-state index contributed by atoms with van der Waals surface area (Å²) in [4.78, 5) is 2.63. The summed E-state index contributed by atoms with van der Waals surface area (Å²) in [5, 5.41) is 0. The molecular formula is C11H19N. The minimum atomic E-state index is 0.770. The van der Waals surface area contributed by atoms with Gasteiger partial charge in [0.25, 0.3) is 0 Å². The molecule has 0 aromatic rings. The van der Waals surface area contributed by atoms with Crippen molar-refractivity contribution in [3.05, 3.63) is 11.6 Å². The Labute approximate surface area is 75.4 Å². The SMILES string of the molecule is CC(C)C1=CCN(C2CC2)CC1. The van der Waals surface area contributed by atoms with Gasteiger partial charge in [0.15, 0.2) is 0 Å². The molecular weight excluding hydrogens is 146 g/mol. The molecule has 1 aliphatic heterocycles. The standard InChI is InChI=1S/C11H19N/c1-9(2)10-5-7-12(8-6-10)11-3-4-11/h5,9,11H,3-4,6-8H2,1-2H3. The Bertz CT molecular complexity index is 189. The van der Waals surface area contributed by atoms with E-state index >= 15 is 0 Å². The lowest BCUT2D eigenvalue weighted by Crippen LogP contribution is -2.31. The van der Waals surface area contributed by atoms with Gasteiger partial charge in [-0.15, -0.1) is 0 Å². The van der Waals surface area contributed by atoms with Crippen molar-refractivity contribution in [3.8, 4) is 0 Å². The Hall–Kier alpha value is -0.300. The number of hydrogen-bond acceptors (Lipinski definition) is 1. The van der Waals surface area contributed by atoms with E-state index in [-0.39, 0.29) is 0 Å². The average Bonchev–Trinajstić information content (AvgIpc) is 2.87. The number of hydrogen-bond donors (Lipinski definition) is 0. The van der Waals surface area contributed by atoms with E-state index in [1.54, 1.807) is 5.57 Å². The molecule has 0 aromatic carbocycles. The highest BCUT2D eigenvalue weighted by molar-refractivity contribution is 5.10. The van der Waals surface area contributed by atoms with Crippen LogP contribution in [-0.2, 0) is 0 Å². The molecule has 0 unspecified atom stereocenters. The van der Waals surface area contributed by atoms with E-state index < -0.39 is 0 Å². The van der Waals surface area contributed by atoms with Gasteiger partial charge in [-0.3, -0.25) is 4.90 Å². The van der Waals surface area contributed by atoms with E-state index in [2.05, 4.69) is 24.8 Å². The molecule has 2 rings (SSSR count). The molecule has 0 atom stereocenters. The summed E-state index contributed by atoms with van der Waals surface area (Å²) in [5.41, 5.74) is 1.67. The fourth-order valence-electron chi connectivity index (χ4n) is 2.00. The van der Waals surface area contributed by atoms with Crippen molar-refractivity contribution in [1.29, 1.82) is 0 Å². The van der Waals surface area contributed by atoms with E-state index in [0.29, 0.717) is 0 Å². The van der Waals surface area contributed by atoms with E-state index in [4.69, 9.17) is 0 Å². The van der Waals surface area contributed by atoms with Crippen molar-refractivity contribution in [2.45, 2.75) is 39.2 Å². The van der Waals surface area contributed by atoms with Gasteiger partial charge in [0.2, 0.25) is 0 Å². The Morgan fingerprint density at radius 2 is 2.17 bits per heavy atom. The van der Waals surface area contributed by atoms with Crippen LogP contribution in [0.4, 0.5) is 0 Å². The predicted molar refractivity (Wildman–Crippen MR) is 52.1 cm³/mol. The molecule has 2 aliphatic rings. The molecule has 1 fully saturated rings. The van der Waals surface area contributed by atoms with Gasteiger partial charge in [-0.05, 0) is 25.2 Å². The van der Waals surface area contributed by atoms with Crippen LogP contribution in [0.5, 0.6) is 0 Å². The lowest BCUT2D eigenvalue weighted by Gasteiger charge is -2.27. The first-order chi connectivity index (χ1) is 5.77. The summed E-state index contributed by atoms with van der Waals surface area (Å²) in [6, 6.07) is 0.954. The first-order valence-electron chi connectivity index (χ1n) is 5.20. The molecule has 1 saturated carbocycles. The summed E-state index contributed by atoms with van der Waals surface area (Å²) in [6.07, 6.45) is 6.66. The quantitative estimate of drug-likeness (QED) is 0.568. The molecule has 0 bridgehead atoms. The normalized spacial score (nSPS) is 26.1. The number of rotatable bonds is 2. The molecule has 0 aromatic heterocycles. The minimum absolute atomic E-state index is 0.770. The summed E-state index contributed by atoms with van der Waals surface area (Å²) < 4.78 is 0. The van der Waals surface area contributed by atoms with Gasteiger partial charge in [-0.1, -0.05) is 25.5 Å². The van der Waals surface area contributed by atoms with Gasteiger partial charge in [0, 0.05) is 19.1 Å². The molecule has 0 amide bonds. The molecule has 1 aliphatic carbocycles. The summed E-state index contributed by atoms with van der Waals surface area (Å²) >= 11 is 0. The smallest absolute Gasteiger partial charge is 0.0168 e. The van der Waals surface area contributed by atoms with Crippen LogP contribution in [-0.4, -0.2) is 24.0 Å². The van der Waals surface area contributed by atoms with Crippen LogP contribution in [0, 0.1) is 5.92 Å². The van der Waals surface area contributed by atoms with Gasteiger partial charge in [0.05, 0.1) is 0 Å². The van der Waals surface area contributed by atoms with Gasteiger partial charge in [-0.2, -0.15) is 0 Å². The van der Waals surface area contributed by atoms with Crippen LogP contribution in [0.3, 0.4) is 0 Å². The lowest BCUT2D eigenvalue weighted by molar-refractivity contribution is 0.279. The molecule has 1 heteroatoms. The molecule has 1 heterocycles. The van der Waals surface area contributed by atoms with Crippen LogP contribution in [0.2, 0.25) is 0 Å². The van der Waals surface area contributed by atoms with Crippen molar-refractivity contribution < 1.29 is 0 Å². The third-order valence-electron chi connectivity index (χ3n) is 3.08. The lowest BCUT2D eigenvalue weighted by atomic mass is 9.97. The third kappa shape index (κ3) is 1.71. The van der Waals surface area contributed by atoms with Crippen molar-refractivity contribution in [3.63, 3.8) is 0 Å². The maximum atomic E-state index is 2.63. The van der Waals surface area contributed by atoms with Crippen molar-refractivity contribution in [2.75, 3.05) is 13.1 Å². The summed E-state index contributed by atoms with van der Waals surface area (Å²) in [6.45, 7) is 7.14. The molecule has 12 heavy (non-hydrogen) atoms. The van der Waals surface area contributed by atoms with E-state index in [0.717, 1.165) is 12.0 Å². The monoisotopic (exact) mass is 165 g/mol. The Morgan fingerprint density at radius 1 is 1.42 bits per heavy atom. The van der Waals surface area contributed by atoms with E-state index in [1.165, 1.54) is 32.4 Å². The average molecular weight is 165 g/mol. The van der Waals surface area contributed by atoms with Crippen molar-refractivity contribution in [1.82, 2.24) is 4.90 Å². The van der Waals surface area contributed by atoms with Crippen LogP contribution >= 0.6 is 0 Å². The zero-order valence-corrected chi connectivity index (χ0v) is 8.21. The highest BCUT2D eigenvalue weighted by Gasteiger charge is 2.29. The van der Waals surface area contributed by atoms with Crippen LogP contribution in [0.25, 0.3) is 0 Å². The maximum absolute atomic E-state index is 2.63. The minimum Gasteiger partial charge on any atom is -0.296 e. The second kappa shape index (κ2) is 3.21. The van der Waals surface area contributed by atoms with Crippen LogP contribution < -0.4 is 0 Å². The fourth-order valence-corrected chi connectivity index (χ4v) is 2.00. The van der Waals surface area contributed by atoms with Crippen molar-refractivity contribution in [2.24, 2.45) is 5.92 Å². The zero-order valence-electron chi connectivity index (χ0n) is 8.21. The first-order valence-corrected chi connectivity index (χ1v) is 5.20. The molecule has 68 valence electrons. The van der Waals surface area contributed by atoms with E-state index in [9.17, 15) is 0 Å². The maximum Gasteiger partial charge on any atom is 0.0168 e. The molecule has 1 nitrogen and oxygen atoms in total. The molecule has 0 radical (unpaired) electrons. The van der Waals surface area contributed by atoms with Gasteiger partial charge in [-0.25, -0.2) is 0 Å².